The van der Waals surface area contributed by atoms with E-state index in [1.807, 2.05) is 4.90 Å². The summed E-state index contributed by atoms with van der Waals surface area (Å²) in [6.07, 6.45) is 2.07. The molecule has 1 fully saturated rings. The first-order chi connectivity index (χ1) is 12.5. The maximum Gasteiger partial charge on any atom is 0.219 e. The van der Waals surface area contributed by atoms with Crippen LogP contribution in [0.2, 0.25) is 0 Å². The number of guanidine groups is 1. The molecule has 0 spiro atoms. The Kier molecular flexibility index (Phi) is 10.5. The van der Waals surface area contributed by atoms with Gasteiger partial charge in [-0.2, -0.15) is 0 Å². The van der Waals surface area contributed by atoms with Gasteiger partial charge < -0.3 is 20.0 Å². The Labute approximate surface area is 181 Å². The Morgan fingerprint density at radius 1 is 1.11 bits per heavy atom. The molecule has 0 unspecified atom stereocenters. The highest BCUT2D eigenvalue weighted by molar-refractivity contribution is 14.0. The molecule has 0 saturated carbocycles. The van der Waals surface area contributed by atoms with E-state index in [0.717, 1.165) is 58.1 Å². The lowest BCUT2D eigenvalue weighted by atomic mass is 10.1. The zero-order valence-electron chi connectivity index (χ0n) is 17.1. The van der Waals surface area contributed by atoms with Crippen molar-refractivity contribution in [3.05, 3.63) is 29.8 Å². The van der Waals surface area contributed by atoms with E-state index in [-0.39, 0.29) is 29.9 Å². The molecule has 1 saturated heterocycles. The fraction of sp³-hybridized carbons (Fsp3) is 0.600. The van der Waals surface area contributed by atoms with Crippen LogP contribution in [0.1, 0.15) is 25.8 Å². The smallest absolute Gasteiger partial charge is 0.219 e. The van der Waals surface area contributed by atoms with Crippen molar-refractivity contribution >= 4 is 41.5 Å². The summed E-state index contributed by atoms with van der Waals surface area (Å²) in [5.74, 6) is 1.13. The number of rotatable bonds is 6. The summed E-state index contributed by atoms with van der Waals surface area (Å²) in [4.78, 5) is 22.5. The molecule has 1 aliphatic rings. The minimum absolute atomic E-state index is 0. The summed E-state index contributed by atoms with van der Waals surface area (Å²) in [6, 6.07) is 8.73. The second-order valence-corrected chi connectivity index (χ2v) is 6.89. The molecular weight excluding hydrogens is 453 g/mol. The van der Waals surface area contributed by atoms with Gasteiger partial charge >= 0.3 is 0 Å². The zero-order valence-corrected chi connectivity index (χ0v) is 19.4. The van der Waals surface area contributed by atoms with E-state index in [0.29, 0.717) is 0 Å². The number of amides is 1. The number of nitrogens with zero attached hydrogens (tertiary/aromatic N) is 4. The summed E-state index contributed by atoms with van der Waals surface area (Å²) in [5.41, 5.74) is 2.58. The van der Waals surface area contributed by atoms with Crippen molar-refractivity contribution in [1.82, 2.24) is 15.1 Å². The Bertz CT molecular complexity index is 595. The molecule has 1 amide bonds. The van der Waals surface area contributed by atoms with Crippen molar-refractivity contribution in [1.29, 1.82) is 0 Å². The molecule has 0 aliphatic carbocycles. The van der Waals surface area contributed by atoms with E-state index in [9.17, 15) is 4.79 Å². The molecular formula is C20H34IN5O. The monoisotopic (exact) mass is 487 g/mol. The molecule has 27 heavy (non-hydrogen) atoms. The Balaban J connectivity index is 0.00000364. The number of hydrogen-bond donors (Lipinski definition) is 1. The van der Waals surface area contributed by atoms with Crippen LogP contribution in [-0.2, 0) is 11.2 Å². The number of nitrogens with one attached hydrogen (secondary N) is 1. The Morgan fingerprint density at radius 3 is 2.22 bits per heavy atom. The van der Waals surface area contributed by atoms with Gasteiger partial charge in [0, 0.05) is 66.0 Å². The van der Waals surface area contributed by atoms with Gasteiger partial charge in [0.1, 0.15) is 0 Å². The quantitative estimate of drug-likeness (QED) is 0.290. The van der Waals surface area contributed by atoms with E-state index < -0.39 is 0 Å². The highest BCUT2D eigenvalue weighted by Crippen LogP contribution is 2.13. The van der Waals surface area contributed by atoms with E-state index in [4.69, 9.17) is 4.99 Å². The predicted octanol–water partition coefficient (Wildman–Crippen LogP) is 2.43. The fourth-order valence-corrected chi connectivity index (χ4v) is 3.09. The van der Waals surface area contributed by atoms with Gasteiger partial charge in [0.25, 0.3) is 0 Å². The number of piperazine rings is 1. The number of carbonyl (C=O) groups is 1. The lowest BCUT2D eigenvalue weighted by Crippen LogP contribution is -2.53. The Hall–Kier alpha value is -1.51. The second kappa shape index (κ2) is 12.0. The van der Waals surface area contributed by atoms with Crippen LogP contribution >= 0.6 is 24.0 Å². The lowest BCUT2D eigenvalue weighted by molar-refractivity contribution is -0.130. The van der Waals surface area contributed by atoms with Crippen molar-refractivity contribution in [2.45, 2.75) is 26.7 Å². The third-order valence-electron chi connectivity index (χ3n) is 4.70. The first-order valence-corrected chi connectivity index (χ1v) is 9.56. The molecule has 0 radical (unpaired) electrons. The molecule has 0 bridgehead atoms. The molecule has 1 aromatic rings. The summed E-state index contributed by atoms with van der Waals surface area (Å²) >= 11 is 0. The maximum absolute atomic E-state index is 11.5. The molecule has 1 N–H and O–H groups in total. The maximum atomic E-state index is 11.5. The first kappa shape index (κ1) is 23.5. The summed E-state index contributed by atoms with van der Waals surface area (Å²) in [7, 11) is 4.12. The van der Waals surface area contributed by atoms with Crippen LogP contribution in [0.4, 0.5) is 5.69 Å². The zero-order chi connectivity index (χ0) is 18.9. The molecule has 0 aromatic heterocycles. The lowest BCUT2D eigenvalue weighted by Gasteiger charge is -2.36. The number of anilines is 1. The number of halogens is 1. The van der Waals surface area contributed by atoms with Crippen molar-refractivity contribution in [2.75, 3.05) is 58.3 Å². The molecule has 1 aliphatic heterocycles. The standard InChI is InChI=1S/C20H33N5O.HI/c1-5-21-20(25-15-13-24(14-16-25)17(2)26)22-12-6-7-18-8-10-19(11-9-18)23(3)4;/h8-11H,5-7,12-16H2,1-4H3,(H,21,22);1H. The van der Waals surface area contributed by atoms with Gasteiger partial charge in [0.05, 0.1) is 0 Å². The largest absolute Gasteiger partial charge is 0.378 e. The van der Waals surface area contributed by atoms with Crippen LogP contribution in [0.5, 0.6) is 0 Å². The SMILES string of the molecule is CCNC(=NCCCc1ccc(N(C)C)cc1)N1CCN(C(C)=O)CC1.I. The van der Waals surface area contributed by atoms with Crippen molar-refractivity contribution in [3.63, 3.8) is 0 Å². The van der Waals surface area contributed by atoms with Gasteiger partial charge in [-0.3, -0.25) is 9.79 Å². The highest BCUT2D eigenvalue weighted by Gasteiger charge is 2.20. The highest BCUT2D eigenvalue weighted by atomic mass is 127. The third-order valence-corrected chi connectivity index (χ3v) is 4.70. The average molecular weight is 487 g/mol. The normalized spacial score (nSPS) is 14.6. The number of benzene rings is 1. The summed E-state index contributed by atoms with van der Waals surface area (Å²) in [6.45, 7) is 8.64. The van der Waals surface area contributed by atoms with E-state index in [1.165, 1.54) is 11.3 Å². The van der Waals surface area contributed by atoms with Crippen molar-refractivity contribution in [2.24, 2.45) is 4.99 Å². The van der Waals surface area contributed by atoms with Gasteiger partial charge in [0.15, 0.2) is 5.96 Å². The van der Waals surface area contributed by atoms with Crippen LogP contribution in [-0.4, -0.2) is 75.0 Å². The first-order valence-electron chi connectivity index (χ1n) is 9.56. The van der Waals surface area contributed by atoms with Crippen LogP contribution < -0.4 is 10.2 Å². The average Bonchev–Trinajstić information content (AvgIpc) is 2.64. The molecule has 0 atom stereocenters. The van der Waals surface area contributed by atoms with Crippen LogP contribution in [0, 0.1) is 0 Å². The molecule has 7 heteroatoms. The number of aryl methyl sites for hydroxylation is 1. The van der Waals surface area contributed by atoms with E-state index >= 15 is 0 Å². The molecule has 2 rings (SSSR count). The number of hydrogen-bond acceptors (Lipinski definition) is 3. The van der Waals surface area contributed by atoms with Crippen molar-refractivity contribution in [3.8, 4) is 0 Å². The van der Waals surface area contributed by atoms with Crippen LogP contribution in [0.3, 0.4) is 0 Å². The van der Waals surface area contributed by atoms with Gasteiger partial charge in [-0.1, -0.05) is 12.1 Å². The summed E-state index contributed by atoms with van der Waals surface area (Å²) < 4.78 is 0. The van der Waals surface area contributed by atoms with Gasteiger partial charge in [0.2, 0.25) is 5.91 Å². The minimum Gasteiger partial charge on any atom is -0.378 e. The Morgan fingerprint density at radius 2 is 1.70 bits per heavy atom. The summed E-state index contributed by atoms with van der Waals surface area (Å²) in [5, 5.41) is 3.38. The van der Waals surface area contributed by atoms with Crippen LogP contribution in [0.25, 0.3) is 0 Å². The van der Waals surface area contributed by atoms with Gasteiger partial charge in [-0.05, 0) is 37.5 Å². The number of aliphatic imine (C=N–C) groups is 1. The van der Waals surface area contributed by atoms with Crippen LogP contribution in [0.15, 0.2) is 29.3 Å². The van der Waals surface area contributed by atoms with E-state index in [2.05, 4.69) is 60.4 Å². The number of carbonyl (C=O) groups excluding carboxylic acids is 1. The predicted molar refractivity (Wildman–Crippen MR) is 124 cm³/mol. The molecule has 152 valence electrons. The van der Waals surface area contributed by atoms with E-state index in [1.54, 1.807) is 6.92 Å². The second-order valence-electron chi connectivity index (χ2n) is 6.89. The molecule has 1 heterocycles. The minimum atomic E-state index is 0. The van der Waals surface area contributed by atoms with Gasteiger partial charge in [-0.15, -0.1) is 24.0 Å². The van der Waals surface area contributed by atoms with Gasteiger partial charge in [-0.25, -0.2) is 0 Å². The third kappa shape index (κ3) is 7.56. The fourth-order valence-electron chi connectivity index (χ4n) is 3.09. The topological polar surface area (TPSA) is 51.2 Å². The van der Waals surface area contributed by atoms with Crippen molar-refractivity contribution < 1.29 is 4.79 Å². The molecule has 6 nitrogen and oxygen atoms in total. The molecule has 1 aromatic carbocycles.